The number of carboxylic acid groups (broad SMARTS) is 1. The first-order valence-electron chi connectivity index (χ1n) is 3.49. The molecule has 0 aliphatic rings. The van der Waals surface area contributed by atoms with Gasteiger partial charge in [0, 0.05) is 6.42 Å². The van der Waals surface area contributed by atoms with Gasteiger partial charge >= 0.3 is 5.97 Å². The van der Waals surface area contributed by atoms with Gasteiger partial charge in [0.2, 0.25) is 0 Å². The molecule has 1 atom stereocenters. The van der Waals surface area contributed by atoms with Crippen LogP contribution in [0.1, 0.15) is 26.2 Å². The second-order valence-corrected chi connectivity index (χ2v) is 2.57. The highest BCUT2D eigenvalue weighted by molar-refractivity contribution is 5.66. The lowest BCUT2D eigenvalue weighted by molar-refractivity contribution is -0.138. The summed E-state index contributed by atoms with van der Waals surface area (Å²) in [5.74, 6) is -0.438. The van der Waals surface area contributed by atoms with E-state index in [2.05, 4.69) is 6.58 Å². The molecule has 0 fully saturated rings. The minimum atomic E-state index is -0.712. The van der Waals surface area contributed by atoms with Gasteiger partial charge in [0.1, 0.15) is 0 Å². The highest BCUT2D eigenvalue weighted by Crippen LogP contribution is 2.09. The smallest absolute Gasteiger partial charge is 0.303 e. The molecule has 2 nitrogen and oxygen atoms in total. The average molecular weight is 142 g/mol. The molecule has 0 saturated carbocycles. The summed E-state index contributed by atoms with van der Waals surface area (Å²) in [7, 11) is 0. The maximum atomic E-state index is 10.1. The summed E-state index contributed by atoms with van der Waals surface area (Å²) in [4.78, 5) is 10.1. The average Bonchev–Trinajstić information content (AvgIpc) is 1.82. The molecule has 10 heavy (non-hydrogen) atoms. The Bertz CT molecular complexity index is 118. The largest absolute Gasteiger partial charge is 0.481 e. The molecular formula is C8H14O2. The van der Waals surface area contributed by atoms with Crippen LogP contribution < -0.4 is 0 Å². The van der Waals surface area contributed by atoms with Crippen molar-refractivity contribution in [2.24, 2.45) is 5.92 Å². The summed E-state index contributed by atoms with van der Waals surface area (Å²) in [5, 5.41) is 8.36. The number of rotatable bonds is 5. The molecule has 0 aromatic heterocycles. The van der Waals surface area contributed by atoms with Crippen LogP contribution in [-0.2, 0) is 4.79 Å². The lowest BCUT2D eigenvalue weighted by Crippen LogP contribution is -2.03. The Morgan fingerprint density at radius 2 is 2.40 bits per heavy atom. The first-order chi connectivity index (χ1) is 4.66. The predicted octanol–water partition coefficient (Wildman–Crippen LogP) is 2.06. The van der Waals surface area contributed by atoms with E-state index < -0.39 is 5.97 Å². The summed E-state index contributed by atoms with van der Waals surface area (Å²) in [6.45, 7) is 5.51. The Hall–Kier alpha value is -0.790. The number of aliphatic carboxylic acids is 1. The van der Waals surface area contributed by atoms with Gasteiger partial charge in [-0.25, -0.2) is 0 Å². The third-order valence-corrected chi connectivity index (χ3v) is 1.39. The Morgan fingerprint density at radius 1 is 1.80 bits per heavy atom. The van der Waals surface area contributed by atoms with Crippen LogP contribution in [0, 0.1) is 5.92 Å². The van der Waals surface area contributed by atoms with E-state index in [0.717, 1.165) is 12.8 Å². The normalized spacial score (nSPS) is 12.5. The van der Waals surface area contributed by atoms with Crippen molar-refractivity contribution < 1.29 is 9.90 Å². The topological polar surface area (TPSA) is 37.3 Å². The van der Waals surface area contributed by atoms with Crippen LogP contribution >= 0.6 is 0 Å². The third kappa shape index (κ3) is 5.35. The second-order valence-electron chi connectivity index (χ2n) is 2.57. The molecule has 1 N–H and O–H groups in total. The van der Waals surface area contributed by atoms with Gasteiger partial charge < -0.3 is 5.11 Å². The van der Waals surface area contributed by atoms with Gasteiger partial charge in [-0.3, -0.25) is 4.79 Å². The van der Waals surface area contributed by atoms with Crippen LogP contribution in [0.25, 0.3) is 0 Å². The predicted molar refractivity (Wildman–Crippen MR) is 40.8 cm³/mol. The van der Waals surface area contributed by atoms with Crippen molar-refractivity contribution >= 4 is 5.97 Å². The number of allylic oxidation sites excluding steroid dienone is 1. The minimum Gasteiger partial charge on any atom is -0.481 e. The molecule has 58 valence electrons. The molecule has 0 radical (unpaired) electrons. The van der Waals surface area contributed by atoms with E-state index in [1.54, 1.807) is 0 Å². The van der Waals surface area contributed by atoms with Crippen molar-refractivity contribution in [3.63, 3.8) is 0 Å². The Kier molecular flexibility index (Phi) is 4.63. The van der Waals surface area contributed by atoms with Crippen LogP contribution in [0.4, 0.5) is 0 Å². The van der Waals surface area contributed by atoms with Crippen LogP contribution in [0.5, 0.6) is 0 Å². The molecule has 1 unspecified atom stereocenters. The lowest BCUT2D eigenvalue weighted by atomic mass is 10.0. The van der Waals surface area contributed by atoms with E-state index in [1.807, 2.05) is 13.0 Å². The maximum absolute atomic E-state index is 10.1. The monoisotopic (exact) mass is 142 g/mol. The van der Waals surface area contributed by atoms with Gasteiger partial charge in [0.15, 0.2) is 0 Å². The number of carboxylic acids is 1. The summed E-state index contributed by atoms with van der Waals surface area (Å²) < 4.78 is 0. The summed E-state index contributed by atoms with van der Waals surface area (Å²) >= 11 is 0. The zero-order valence-electron chi connectivity index (χ0n) is 6.34. The van der Waals surface area contributed by atoms with E-state index in [-0.39, 0.29) is 12.3 Å². The number of hydrogen-bond donors (Lipinski definition) is 1. The van der Waals surface area contributed by atoms with Gasteiger partial charge in [-0.05, 0) is 18.8 Å². The van der Waals surface area contributed by atoms with Gasteiger partial charge in [-0.1, -0.05) is 13.0 Å². The highest BCUT2D eigenvalue weighted by Gasteiger charge is 2.05. The van der Waals surface area contributed by atoms with Crippen LogP contribution in [0.3, 0.4) is 0 Å². The van der Waals surface area contributed by atoms with E-state index in [9.17, 15) is 4.79 Å². The Labute approximate surface area is 61.6 Å². The molecule has 0 aliphatic carbocycles. The fourth-order valence-electron chi connectivity index (χ4n) is 0.803. The van der Waals surface area contributed by atoms with Crippen molar-refractivity contribution in [2.45, 2.75) is 26.2 Å². The van der Waals surface area contributed by atoms with Crippen molar-refractivity contribution in [3.05, 3.63) is 12.7 Å². The molecule has 2 heteroatoms. The molecule has 0 amide bonds. The molecule has 0 saturated heterocycles. The van der Waals surface area contributed by atoms with E-state index in [0.29, 0.717) is 0 Å². The molecule has 0 heterocycles. The summed E-state index contributed by atoms with van der Waals surface area (Å²) in [5.41, 5.74) is 0. The zero-order chi connectivity index (χ0) is 7.98. The molecule has 0 aliphatic heterocycles. The Balaban J connectivity index is 3.33. The van der Waals surface area contributed by atoms with E-state index in [1.165, 1.54) is 0 Å². The molecule has 0 bridgehead atoms. The van der Waals surface area contributed by atoms with Gasteiger partial charge in [-0.2, -0.15) is 0 Å². The molecule has 0 aromatic carbocycles. The third-order valence-electron chi connectivity index (χ3n) is 1.39. The minimum absolute atomic E-state index is 0.272. The summed E-state index contributed by atoms with van der Waals surface area (Å²) in [6, 6.07) is 0. The van der Waals surface area contributed by atoms with E-state index in [4.69, 9.17) is 5.11 Å². The maximum Gasteiger partial charge on any atom is 0.303 e. The van der Waals surface area contributed by atoms with Gasteiger partial charge in [0.05, 0.1) is 0 Å². The fourth-order valence-corrected chi connectivity index (χ4v) is 0.803. The quantitative estimate of drug-likeness (QED) is 0.596. The Morgan fingerprint density at radius 3 is 2.80 bits per heavy atom. The van der Waals surface area contributed by atoms with Crippen molar-refractivity contribution in [3.8, 4) is 0 Å². The first kappa shape index (κ1) is 9.21. The van der Waals surface area contributed by atoms with Crippen molar-refractivity contribution in [1.29, 1.82) is 0 Å². The molecule has 0 aromatic rings. The molecule has 0 spiro atoms. The fraction of sp³-hybridized carbons (Fsp3) is 0.625. The zero-order valence-corrected chi connectivity index (χ0v) is 6.34. The highest BCUT2D eigenvalue weighted by atomic mass is 16.4. The lowest BCUT2D eigenvalue weighted by Gasteiger charge is -2.04. The van der Waals surface area contributed by atoms with Crippen LogP contribution in [-0.4, -0.2) is 11.1 Å². The number of hydrogen-bond acceptors (Lipinski definition) is 1. The molecular weight excluding hydrogens is 128 g/mol. The first-order valence-corrected chi connectivity index (χ1v) is 3.49. The van der Waals surface area contributed by atoms with Crippen molar-refractivity contribution in [1.82, 2.24) is 0 Å². The van der Waals surface area contributed by atoms with E-state index >= 15 is 0 Å². The standard InChI is InChI=1S/C8H14O2/c1-3-4-5-7(2)6-8(9)10/h3,7H,1,4-6H2,2H3,(H,9,10). The second kappa shape index (κ2) is 5.03. The van der Waals surface area contributed by atoms with Crippen molar-refractivity contribution in [2.75, 3.05) is 0 Å². The van der Waals surface area contributed by atoms with Crippen LogP contribution in [0.15, 0.2) is 12.7 Å². The van der Waals surface area contributed by atoms with Gasteiger partial charge in [0.25, 0.3) is 0 Å². The van der Waals surface area contributed by atoms with Gasteiger partial charge in [-0.15, -0.1) is 6.58 Å². The number of carbonyl (C=O) groups is 1. The van der Waals surface area contributed by atoms with Crippen LogP contribution in [0.2, 0.25) is 0 Å². The SMILES string of the molecule is C=CCCC(C)CC(=O)O. The molecule has 0 rings (SSSR count). The summed E-state index contributed by atoms with van der Waals surface area (Å²) in [6.07, 6.45) is 3.93.